The molecule has 2 aliphatic heterocycles. The number of thiocarbonyl (C=S) groups is 2. The fraction of sp³-hybridized carbons (Fsp3) is 0.385. The molecule has 4 N–H and O–H groups in total. The molecule has 20 nitrogen and oxygen atoms in total. The van der Waals surface area contributed by atoms with E-state index < -0.39 is 110 Å². The van der Waals surface area contributed by atoms with E-state index in [0.29, 0.717) is 27.4 Å². The maximum absolute atomic E-state index is 13.5. The standard InChI is InChI=1S/C26H30N4O16S6.2Na/c1-26(2)10-16(9-17(11-26)19-22(33)29(14-51(41,42)43)25(48)30(23(19)47)15-52(44,45)46)7-5-3-4-6-8-18-20(31)27(12-49(35,36)37)24(34)28(21(18)32)13-50(38,39)40;;/h3-9,19H,10-15H2,1-2H3,(H,35,36,37)(H,38,39,40)(H,41,42,43)(H,44,45,46);;/q;2*+1/b5-3+,6-4+,16-7-;;. The summed E-state index contributed by atoms with van der Waals surface area (Å²) in [5.74, 6) is -11.1. The zero-order valence-corrected chi connectivity index (χ0v) is 37.7. The van der Waals surface area contributed by atoms with Crippen LogP contribution in [-0.2, 0) is 54.9 Å². The molecule has 0 aromatic heterocycles. The number of barbiturate groups is 1. The first kappa shape index (κ1) is 50.4. The van der Waals surface area contributed by atoms with E-state index >= 15 is 0 Å². The van der Waals surface area contributed by atoms with Crippen LogP contribution in [0.1, 0.15) is 26.7 Å². The van der Waals surface area contributed by atoms with E-state index in [4.69, 9.17) is 33.5 Å². The molecular formula is C26H30N4Na2O16S6+2. The summed E-state index contributed by atoms with van der Waals surface area (Å²) < 4.78 is 129. The minimum absolute atomic E-state index is 0. The zero-order chi connectivity index (χ0) is 39.8. The predicted molar refractivity (Wildman–Crippen MR) is 188 cm³/mol. The van der Waals surface area contributed by atoms with Gasteiger partial charge in [-0.3, -0.25) is 42.4 Å². The van der Waals surface area contributed by atoms with Gasteiger partial charge < -0.3 is 0 Å². The number of allylic oxidation sites excluding steroid dienone is 8. The maximum atomic E-state index is 13.5. The Bertz CT molecular complexity index is 2120. The second-order valence-electron chi connectivity index (χ2n) is 12.2. The number of hydrogen-bond donors (Lipinski definition) is 4. The quantitative estimate of drug-likeness (QED) is 0.0354. The molecule has 0 bridgehead atoms. The van der Waals surface area contributed by atoms with Crippen LogP contribution < -0.4 is 59.1 Å². The predicted octanol–water partition coefficient (Wildman–Crippen LogP) is -5.75. The Morgan fingerprint density at radius 3 is 1.52 bits per heavy atom. The van der Waals surface area contributed by atoms with Crippen molar-refractivity contribution in [3.63, 3.8) is 0 Å². The van der Waals surface area contributed by atoms with Gasteiger partial charge in [0.2, 0.25) is 5.91 Å². The molecule has 1 unspecified atom stereocenters. The van der Waals surface area contributed by atoms with Gasteiger partial charge in [-0.2, -0.15) is 33.7 Å². The van der Waals surface area contributed by atoms with Gasteiger partial charge in [-0.1, -0.05) is 68.1 Å². The van der Waals surface area contributed by atoms with Crippen LogP contribution >= 0.6 is 24.4 Å². The molecule has 2 heterocycles. The number of imide groups is 2. The summed E-state index contributed by atoms with van der Waals surface area (Å²) in [6, 6.07) is -1.73. The molecule has 28 heteroatoms. The fourth-order valence-corrected chi connectivity index (χ4v) is 8.59. The molecular weight excluding hydrogens is 863 g/mol. The van der Waals surface area contributed by atoms with E-state index in [1.807, 2.05) is 13.8 Å². The maximum Gasteiger partial charge on any atom is 1.00 e. The molecule has 286 valence electrons. The van der Waals surface area contributed by atoms with Crippen molar-refractivity contribution in [2.24, 2.45) is 11.3 Å². The molecule has 54 heavy (non-hydrogen) atoms. The van der Waals surface area contributed by atoms with Crippen LogP contribution in [0.3, 0.4) is 0 Å². The number of amides is 5. The van der Waals surface area contributed by atoms with Crippen molar-refractivity contribution >= 4 is 98.8 Å². The average Bonchev–Trinajstić information content (AvgIpc) is 2.94. The van der Waals surface area contributed by atoms with Gasteiger partial charge >= 0.3 is 65.1 Å². The van der Waals surface area contributed by atoms with E-state index in [1.165, 1.54) is 18.2 Å². The first-order valence-electron chi connectivity index (χ1n) is 14.1. The summed E-state index contributed by atoms with van der Waals surface area (Å²) in [6.07, 6.45) is 9.77. The Labute approximate surface area is 365 Å². The second-order valence-corrected chi connectivity index (χ2v) is 18.6. The summed E-state index contributed by atoms with van der Waals surface area (Å²) in [5, 5.41) is -0.668. The molecule has 0 aromatic rings. The SMILES string of the molecule is CC1(C)CC(C2C(=O)N(CS(=O)(=O)O)C(=S)N(CS(=O)(=O)O)C2=S)=C/C(=C/C=C/C=C/C=C2C(=O)N(CS(=O)(=O)O)C(=O)N(CS(=O)(=O)O)C2=O)C1.[Na+].[Na+]. The molecule has 0 saturated carbocycles. The van der Waals surface area contributed by atoms with Crippen molar-refractivity contribution in [2.75, 3.05) is 23.5 Å². The van der Waals surface area contributed by atoms with Crippen LogP contribution in [0.4, 0.5) is 4.79 Å². The first-order chi connectivity index (χ1) is 23.5. The number of nitrogens with zero attached hydrogens (tertiary/aromatic N) is 4. The molecule has 5 amide bonds. The van der Waals surface area contributed by atoms with E-state index in [0.717, 1.165) is 12.2 Å². The van der Waals surface area contributed by atoms with E-state index in [1.54, 1.807) is 12.2 Å². The van der Waals surface area contributed by atoms with Gasteiger partial charge in [0.25, 0.3) is 52.3 Å². The Hall–Kier alpha value is -1.60. The molecule has 3 rings (SSSR count). The average molecular weight is 893 g/mol. The van der Waals surface area contributed by atoms with E-state index in [2.05, 4.69) is 0 Å². The third-order valence-electron chi connectivity index (χ3n) is 7.08. The van der Waals surface area contributed by atoms with Crippen molar-refractivity contribution in [2.45, 2.75) is 26.7 Å². The molecule has 0 radical (unpaired) electrons. The first-order valence-corrected chi connectivity index (χ1v) is 21.4. The Morgan fingerprint density at radius 2 is 1.07 bits per heavy atom. The number of carbonyl (C=O) groups excluding carboxylic acids is 4. The second kappa shape index (κ2) is 18.8. The topological polar surface area (TPSA) is 299 Å². The summed E-state index contributed by atoms with van der Waals surface area (Å²) in [4.78, 5) is 52.1. The number of hydrogen-bond acceptors (Lipinski definition) is 14. The number of carbonyl (C=O) groups is 4. The van der Waals surface area contributed by atoms with Crippen molar-refractivity contribution < 1.29 is 130 Å². The van der Waals surface area contributed by atoms with Gasteiger partial charge in [0.1, 0.15) is 16.5 Å². The minimum atomic E-state index is -5.03. The minimum Gasteiger partial charge on any atom is -0.294 e. The van der Waals surface area contributed by atoms with Gasteiger partial charge in [-0.25, -0.2) is 14.6 Å². The molecule has 0 spiro atoms. The largest absolute Gasteiger partial charge is 1.00 e. The van der Waals surface area contributed by atoms with Crippen LogP contribution in [0.2, 0.25) is 0 Å². The van der Waals surface area contributed by atoms with Crippen LogP contribution in [-0.4, -0.2) is 129 Å². The molecule has 2 saturated heterocycles. The smallest absolute Gasteiger partial charge is 0.294 e. The van der Waals surface area contributed by atoms with Crippen molar-refractivity contribution in [1.82, 2.24) is 19.6 Å². The van der Waals surface area contributed by atoms with E-state index in [9.17, 15) is 62.0 Å². The van der Waals surface area contributed by atoms with Crippen LogP contribution in [0.15, 0.2) is 59.3 Å². The summed E-state index contributed by atoms with van der Waals surface area (Å²) >= 11 is 10.5. The molecule has 0 aromatic carbocycles. The summed E-state index contributed by atoms with van der Waals surface area (Å²) in [7, 11) is -19.7. The van der Waals surface area contributed by atoms with Crippen molar-refractivity contribution in [3.05, 3.63) is 59.3 Å². The number of rotatable bonds is 12. The summed E-state index contributed by atoms with van der Waals surface area (Å²) in [5.41, 5.74) is -0.545. The fourth-order valence-electron chi connectivity index (χ4n) is 5.29. The molecule has 1 atom stereocenters. The van der Waals surface area contributed by atoms with Crippen LogP contribution in [0, 0.1) is 11.3 Å². The third-order valence-corrected chi connectivity index (χ3v) is 10.3. The Morgan fingerprint density at radius 1 is 0.667 bits per heavy atom. The monoisotopic (exact) mass is 892 g/mol. The third kappa shape index (κ3) is 14.1. The zero-order valence-electron chi connectivity index (χ0n) is 28.8. The summed E-state index contributed by atoms with van der Waals surface area (Å²) in [6.45, 7) is 3.66. The molecule has 3 aliphatic rings. The van der Waals surface area contributed by atoms with Gasteiger partial charge in [0.15, 0.2) is 28.6 Å². The van der Waals surface area contributed by atoms with Gasteiger partial charge in [-0.15, -0.1) is 0 Å². The van der Waals surface area contributed by atoms with E-state index in [-0.39, 0.29) is 80.3 Å². The van der Waals surface area contributed by atoms with Gasteiger partial charge in [-0.05, 0) is 42.1 Å². The molecule has 2 fully saturated rings. The normalized spacial score (nSPS) is 21.2. The van der Waals surface area contributed by atoms with Crippen LogP contribution in [0.5, 0.6) is 0 Å². The Balaban J connectivity index is 0.00000729. The van der Waals surface area contributed by atoms with Crippen molar-refractivity contribution in [3.8, 4) is 0 Å². The van der Waals surface area contributed by atoms with Crippen LogP contribution in [0.25, 0.3) is 0 Å². The number of urea groups is 1. The molecule has 1 aliphatic carbocycles. The van der Waals surface area contributed by atoms with Gasteiger partial charge in [0.05, 0.1) is 0 Å². The van der Waals surface area contributed by atoms with Gasteiger partial charge in [0, 0.05) is 0 Å². The van der Waals surface area contributed by atoms with Crippen molar-refractivity contribution in [1.29, 1.82) is 0 Å². The Kier molecular flexibility index (Phi) is 17.5.